The van der Waals surface area contributed by atoms with Gasteiger partial charge in [0.15, 0.2) is 0 Å². The third-order valence-corrected chi connectivity index (χ3v) is 4.35. The fourth-order valence-electron chi connectivity index (χ4n) is 2.87. The molecule has 1 saturated heterocycles. The standard InChI is InChI=1S/C16H20FN3O3/c1-11(21)12-6-8-19(9-7-12)10-20-16(22)23-15(18-20)13-2-4-14(17)5-3-13/h2-5,11-12,21H,6-10H2,1H3. The Hall–Kier alpha value is -1.99. The van der Waals surface area contributed by atoms with Crippen LogP contribution in [0.2, 0.25) is 0 Å². The maximum absolute atomic E-state index is 12.9. The molecule has 1 fully saturated rings. The van der Waals surface area contributed by atoms with E-state index in [0.717, 1.165) is 25.9 Å². The quantitative estimate of drug-likeness (QED) is 0.928. The summed E-state index contributed by atoms with van der Waals surface area (Å²) in [6, 6.07) is 5.66. The number of rotatable bonds is 4. The van der Waals surface area contributed by atoms with E-state index in [9.17, 15) is 14.3 Å². The van der Waals surface area contributed by atoms with Crippen LogP contribution in [0.25, 0.3) is 11.5 Å². The Bertz CT molecular complexity index is 700. The third-order valence-electron chi connectivity index (χ3n) is 4.35. The van der Waals surface area contributed by atoms with Crippen molar-refractivity contribution in [2.24, 2.45) is 5.92 Å². The number of aromatic nitrogens is 2. The zero-order valence-electron chi connectivity index (χ0n) is 13.0. The Kier molecular flexibility index (Phi) is 4.58. The van der Waals surface area contributed by atoms with Gasteiger partial charge in [0.2, 0.25) is 5.89 Å². The third kappa shape index (κ3) is 3.68. The van der Waals surface area contributed by atoms with Crippen molar-refractivity contribution in [3.05, 3.63) is 40.6 Å². The molecule has 23 heavy (non-hydrogen) atoms. The molecule has 1 N–H and O–H groups in total. The van der Waals surface area contributed by atoms with Gasteiger partial charge in [-0.2, -0.15) is 4.68 Å². The second-order valence-electron chi connectivity index (χ2n) is 6.02. The number of hydrogen-bond donors (Lipinski definition) is 1. The number of hydrogen-bond acceptors (Lipinski definition) is 5. The van der Waals surface area contributed by atoms with E-state index < -0.39 is 5.76 Å². The van der Waals surface area contributed by atoms with Crippen molar-refractivity contribution < 1.29 is 13.9 Å². The predicted molar refractivity (Wildman–Crippen MR) is 82.1 cm³/mol. The van der Waals surface area contributed by atoms with Crippen LogP contribution >= 0.6 is 0 Å². The van der Waals surface area contributed by atoms with Gasteiger partial charge < -0.3 is 9.52 Å². The molecule has 0 aliphatic carbocycles. The first-order valence-electron chi connectivity index (χ1n) is 7.77. The predicted octanol–water partition coefficient (Wildman–Crippen LogP) is 1.69. The van der Waals surface area contributed by atoms with Crippen molar-refractivity contribution in [1.29, 1.82) is 0 Å². The van der Waals surface area contributed by atoms with Gasteiger partial charge in [0.05, 0.1) is 6.10 Å². The van der Waals surface area contributed by atoms with Gasteiger partial charge in [-0.05, 0) is 49.9 Å². The summed E-state index contributed by atoms with van der Waals surface area (Å²) in [5.74, 6) is -0.373. The molecule has 124 valence electrons. The molecule has 1 aliphatic heterocycles. The van der Waals surface area contributed by atoms with E-state index in [1.807, 2.05) is 6.92 Å². The van der Waals surface area contributed by atoms with Crippen LogP contribution < -0.4 is 5.76 Å². The number of benzene rings is 1. The summed E-state index contributed by atoms with van der Waals surface area (Å²) in [6.45, 7) is 3.79. The highest BCUT2D eigenvalue weighted by Crippen LogP contribution is 2.21. The minimum Gasteiger partial charge on any atom is -0.393 e. The summed E-state index contributed by atoms with van der Waals surface area (Å²) in [4.78, 5) is 14.0. The first kappa shape index (κ1) is 15.9. The number of piperidine rings is 1. The number of aliphatic hydroxyl groups is 1. The van der Waals surface area contributed by atoms with Crippen molar-refractivity contribution in [2.75, 3.05) is 13.1 Å². The molecule has 0 spiro atoms. The van der Waals surface area contributed by atoms with E-state index in [0.29, 0.717) is 18.2 Å². The van der Waals surface area contributed by atoms with Gasteiger partial charge in [-0.1, -0.05) is 0 Å². The van der Waals surface area contributed by atoms with Gasteiger partial charge in [-0.25, -0.2) is 9.18 Å². The topological polar surface area (TPSA) is 71.5 Å². The van der Waals surface area contributed by atoms with Crippen LogP contribution in [0.4, 0.5) is 4.39 Å². The first-order chi connectivity index (χ1) is 11.0. The van der Waals surface area contributed by atoms with Gasteiger partial charge in [-0.15, -0.1) is 5.10 Å². The highest BCUT2D eigenvalue weighted by Gasteiger charge is 2.23. The van der Waals surface area contributed by atoms with Gasteiger partial charge in [-0.3, -0.25) is 4.90 Å². The minimum atomic E-state index is -0.526. The zero-order valence-corrected chi connectivity index (χ0v) is 13.0. The number of aliphatic hydroxyl groups excluding tert-OH is 1. The van der Waals surface area contributed by atoms with Crippen molar-refractivity contribution in [2.45, 2.75) is 32.5 Å². The second kappa shape index (κ2) is 6.64. The van der Waals surface area contributed by atoms with Gasteiger partial charge in [0.25, 0.3) is 0 Å². The highest BCUT2D eigenvalue weighted by molar-refractivity contribution is 5.51. The lowest BCUT2D eigenvalue weighted by atomic mass is 9.92. The van der Waals surface area contributed by atoms with Crippen LogP contribution in [0.5, 0.6) is 0 Å². The van der Waals surface area contributed by atoms with Crippen LogP contribution in [0.1, 0.15) is 19.8 Å². The minimum absolute atomic E-state index is 0.189. The van der Waals surface area contributed by atoms with E-state index >= 15 is 0 Å². The summed E-state index contributed by atoms with van der Waals surface area (Å²) in [5, 5.41) is 13.8. The zero-order chi connectivity index (χ0) is 16.4. The van der Waals surface area contributed by atoms with E-state index in [-0.39, 0.29) is 17.8 Å². The Morgan fingerprint density at radius 2 is 2.00 bits per heavy atom. The highest BCUT2D eigenvalue weighted by atomic mass is 19.1. The number of halogens is 1. The van der Waals surface area contributed by atoms with Crippen LogP contribution in [0, 0.1) is 11.7 Å². The molecule has 3 rings (SSSR count). The maximum Gasteiger partial charge on any atom is 0.438 e. The van der Waals surface area contributed by atoms with Crippen molar-refractivity contribution >= 4 is 0 Å². The van der Waals surface area contributed by atoms with Crippen molar-refractivity contribution in [3.63, 3.8) is 0 Å². The maximum atomic E-state index is 12.9. The van der Waals surface area contributed by atoms with Crippen molar-refractivity contribution in [3.8, 4) is 11.5 Å². The van der Waals surface area contributed by atoms with Gasteiger partial charge in [0, 0.05) is 18.7 Å². The van der Waals surface area contributed by atoms with Crippen LogP contribution in [-0.4, -0.2) is 39.0 Å². The van der Waals surface area contributed by atoms with Crippen LogP contribution in [0.15, 0.2) is 33.5 Å². The summed E-state index contributed by atoms with van der Waals surface area (Å²) in [6.07, 6.45) is 1.50. The van der Waals surface area contributed by atoms with Gasteiger partial charge >= 0.3 is 5.76 Å². The Morgan fingerprint density at radius 1 is 1.35 bits per heavy atom. The molecule has 7 heteroatoms. The lowest BCUT2D eigenvalue weighted by Crippen LogP contribution is -2.39. The number of nitrogens with zero attached hydrogens (tertiary/aromatic N) is 3. The summed E-state index contributed by atoms with van der Waals surface area (Å²) < 4.78 is 19.4. The van der Waals surface area contributed by atoms with Crippen LogP contribution in [-0.2, 0) is 6.67 Å². The van der Waals surface area contributed by atoms with E-state index in [1.165, 1.54) is 28.9 Å². The second-order valence-corrected chi connectivity index (χ2v) is 6.02. The summed E-state index contributed by atoms with van der Waals surface area (Å²) in [7, 11) is 0. The molecular formula is C16H20FN3O3. The fourth-order valence-corrected chi connectivity index (χ4v) is 2.87. The molecule has 6 nitrogen and oxygen atoms in total. The van der Waals surface area contributed by atoms with E-state index in [4.69, 9.17) is 4.42 Å². The Morgan fingerprint density at radius 3 is 2.61 bits per heavy atom. The smallest absolute Gasteiger partial charge is 0.393 e. The Labute approximate surface area is 133 Å². The number of likely N-dealkylation sites (tertiary alicyclic amines) is 1. The molecule has 1 aromatic heterocycles. The van der Waals surface area contributed by atoms with Crippen LogP contribution in [0.3, 0.4) is 0 Å². The molecule has 0 bridgehead atoms. The molecular weight excluding hydrogens is 301 g/mol. The molecule has 0 radical (unpaired) electrons. The SMILES string of the molecule is CC(O)C1CCN(Cn2nc(-c3ccc(F)cc3)oc2=O)CC1. The van der Waals surface area contributed by atoms with Crippen molar-refractivity contribution in [1.82, 2.24) is 14.7 Å². The van der Waals surface area contributed by atoms with E-state index in [2.05, 4.69) is 10.00 Å². The first-order valence-corrected chi connectivity index (χ1v) is 7.77. The molecule has 1 aromatic carbocycles. The lowest BCUT2D eigenvalue weighted by Gasteiger charge is -2.32. The Balaban J connectivity index is 1.68. The van der Waals surface area contributed by atoms with E-state index in [1.54, 1.807) is 0 Å². The molecule has 1 aliphatic rings. The lowest BCUT2D eigenvalue weighted by molar-refractivity contribution is 0.0584. The molecule has 2 heterocycles. The summed E-state index contributed by atoms with van der Waals surface area (Å²) in [5.41, 5.74) is 0.565. The molecule has 0 saturated carbocycles. The normalized spacial score (nSPS) is 18.2. The average Bonchev–Trinajstić information content (AvgIpc) is 2.89. The monoisotopic (exact) mass is 321 g/mol. The largest absolute Gasteiger partial charge is 0.438 e. The molecule has 1 unspecified atom stereocenters. The average molecular weight is 321 g/mol. The molecule has 2 aromatic rings. The fraction of sp³-hybridized carbons (Fsp3) is 0.500. The summed E-state index contributed by atoms with van der Waals surface area (Å²) >= 11 is 0. The molecule has 1 atom stereocenters. The van der Waals surface area contributed by atoms with Gasteiger partial charge in [0.1, 0.15) is 12.5 Å². The molecule has 0 amide bonds.